The Bertz CT molecular complexity index is 386. The first-order chi connectivity index (χ1) is 7.41. The summed E-state index contributed by atoms with van der Waals surface area (Å²) in [5.41, 5.74) is 1.11. The van der Waals surface area contributed by atoms with Gasteiger partial charge in [0.15, 0.2) is 11.9 Å². The van der Waals surface area contributed by atoms with Gasteiger partial charge in [-0.25, -0.2) is 0 Å². The quantitative estimate of drug-likeness (QED) is 0.837. The molecule has 0 aromatic heterocycles. The summed E-state index contributed by atoms with van der Waals surface area (Å²) < 4.78 is 6.68. The van der Waals surface area contributed by atoms with Crippen LogP contribution in [0.2, 0.25) is 0 Å². The van der Waals surface area contributed by atoms with Crippen LogP contribution in [0.3, 0.4) is 0 Å². The topological polar surface area (TPSA) is 26.3 Å². The van der Waals surface area contributed by atoms with E-state index in [1.807, 2.05) is 18.2 Å². The molecular formula is C13H17BrO2. The van der Waals surface area contributed by atoms with Crippen molar-refractivity contribution >= 4 is 21.7 Å². The molecule has 1 aromatic carbocycles. The molecule has 88 valence electrons. The molecule has 1 unspecified atom stereocenters. The smallest absolute Gasteiger partial charge is 0.169 e. The first-order valence-electron chi connectivity index (χ1n) is 5.38. The number of ether oxygens (including phenoxy) is 1. The molecule has 1 rings (SSSR count). The predicted octanol–water partition coefficient (Wildman–Crippen LogP) is 3.93. The van der Waals surface area contributed by atoms with Gasteiger partial charge in [0.1, 0.15) is 5.75 Å². The van der Waals surface area contributed by atoms with Gasteiger partial charge in [0.2, 0.25) is 0 Å². The van der Waals surface area contributed by atoms with Gasteiger partial charge in [0.25, 0.3) is 0 Å². The van der Waals surface area contributed by atoms with Crippen molar-refractivity contribution in [2.75, 3.05) is 0 Å². The second-order valence-corrected chi connectivity index (χ2v) is 5.12. The summed E-state index contributed by atoms with van der Waals surface area (Å²) in [6.45, 7) is 7.52. The summed E-state index contributed by atoms with van der Waals surface area (Å²) in [6, 6.07) is 5.86. The molecule has 0 radical (unpaired) electrons. The number of carbonyl (C=O) groups excluding carboxylic acids is 1. The van der Waals surface area contributed by atoms with Gasteiger partial charge in [-0.1, -0.05) is 29.8 Å². The maximum atomic E-state index is 11.2. The van der Waals surface area contributed by atoms with Crippen LogP contribution in [0.15, 0.2) is 22.7 Å². The highest BCUT2D eigenvalue weighted by Crippen LogP contribution is 2.30. The lowest BCUT2D eigenvalue weighted by Crippen LogP contribution is -2.21. The number of Topliss-reactive ketones (excluding diaryl/α,β-unsaturated/α-hetero) is 1. The fourth-order valence-electron chi connectivity index (χ4n) is 1.35. The number of halogens is 1. The minimum Gasteiger partial charge on any atom is -0.483 e. The molecule has 16 heavy (non-hydrogen) atoms. The van der Waals surface area contributed by atoms with Crippen molar-refractivity contribution in [1.82, 2.24) is 0 Å². The van der Waals surface area contributed by atoms with Crippen molar-refractivity contribution in [3.8, 4) is 5.75 Å². The molecule has 0 amide bonds. The summed E-state index contributed by atoms with van der Waals surface area (Å²) in [5.74, 6) is 1.20. The van der Waals surface area contributed by atoms with Crippen molar-refractivity contribution in [2.45, 2.75) is 39.7 Å². The van der Waals surface area contributed by atoms with Crippen LogP contribution in [0.1, 0.15) is 39.2 Å². The first-order valence-corrected chi connectivity index (χ1v) is 6.17. The van der Waals surface area contributed by atoms with Crippen molar-refractivity contribution in [3.05, 3.63) is 28.2 Å². The molecule has 0 bridgehead atoms. The fourth-order valence-corrected chi connectivity index (χ4v) is 1.73. The van der Waals surface area contributed by atoms with E-state index in [0.29, 0.717) is 5.92 Å². The largest absolute Gasteiger partial charge is 0.483 e. The summed E-state index contributed by atoms with van der Waals surface area (Å²) in [6.07, 6.45) is -0.390. The summed E-state index contributed by atoms with van der Waals surface area (Å²) >= 11 is 3.44. The minimum atomic E-state index is -0.390. The normalized spacial score (nSPS) is 12.6. The van der Waals surface area contributed by atoms with Crippen LogP contribution < -0.4 is 4.74 Å². The Morgan fingerprint density at radius 3 is 2.44 bits per heavy atom. The second-order valence-electron chi connectivity index (χ2n) is 4.21. The van der Waals surface area contributed by atoms with E-state index in [-0.39, 0.29) is 5.78 Å². The lowest BCUT2D eigenvalue weighted by Gasteiger charge is -2.17. The minimum absolute atomic E-state index is 0.0395. The predicted molar refractivity (Wildman–Crippen MR) is 69.0 cm³/mol. The van der Waals surface area contributed by atoms with Gasteiger partial charge in [-0.05, 0) is 43.5 Å². The molecule has 1 aromatic rings. The first kappa shape index (κ1) is 13.2. The molecule has 0 N–H and O–H groups in total. The van der Waals surface area contributed by atoms with Crippen molar-refractivity contribution < 1.29 is 9.53 Å². The van der Waals surface area contributed by atoms with E-state index in [1.165, 1.54) is 0 Å². The molecule has 0 heterocycles. The van der Waals surface area contributed by atoms with Gasteiger partial charge in [-0.3, -0.25) is 4.79 Å². The molecule has 0 saturated carbocycles. The monoisotopic (exact) mass is 284 g/mol. The highest BCUT2D eigenvalue weighted by molar-refractivity contribution is 9.10. The van der Waals surface area contributed by atoms with Crippen LogP contribution in [0.5, 0.6) is 5.75 Å². The molecular weight excluding hydrogens is 268 g/mol. The number of ketones is 1. The lowest BCUT2D eigenvalue weighted by atomic mass is 10.0. The number of hydrogen-bond donors (Lipinski definition) is 0. The Balaban J connectivity index is 2.99. The van der Waals surface area contributed by atoms with E-state index >= 15 is 0 Å². The van der Waals surface area contributed by atoms with Gasteiger partial charge >= 0.3 is 0 Å². The van der Waals surface area contributed by atoms with Crippen LogP contribution in [0.25, 0.3) is 0 Å². The zero-order valence-electron chi connectivity index (χ0n) is 10.1. The second kappa shape index (κ2) is 5.48. The van der Waals surface area contributed by atoms with Crippen molar-refractivity contribution in [2.24, 2.45) is 0 Å². The van der Waals surface area contributed by atoms with Crippen molar-refractivity contribution in [1.29, 1.82) is 0 Å². The molecule has 3 heteroatoms. The number of hydrogen-bond acceptors (Lipinski definition) is 2. The van der Waals surface area contributed by atoms with Crippen LogP contribution >= 0.6 is 15.9 Å². The van der Waals surface area contributed by atoms with E-state index in [2.05, 4.69) is 29.8 Å². The fraction of sp³-hybridized carbons (Fsp3) is 0.462. The Hall–Kier alpha value is -0.830. The Kier molecular flexibility index (Phi) is 4.54. The van der Waals surface area contributed by atoms with Gasteiger partial charge in [0, 0.05) is 4.47 Å². The molecule has 0 aliphatic rings. The van der Waals surface area contributed by atoms with Gasteiger partial charge in [-0.2, -0.15) is 0 Å². The highest BCUT2D eigenvalue weighted by atomic mass is 79.9. The maximum Gasteiger partial charge on any atom is 0.169 e. The third-order valence-electron chi connectivity index (χ3n) is 2.47. The Morgan fingerprint density at radius 1 is 1.31 bits per heavy atom. The van der Waals surface area contributed by atoms with E-state index in [9.17, 15) is 4.79 Å². The standard InChI is InChI=1S/C13H17BrO2/c1-8(2)12-7-11(14)5-6-13(12)16-10(4)9(3)15/h5-8,10H,1-4H3. The van der Waals surface area contributed by atoms with E-state index in [0.717, 1.165) is 15.8 Å². The molecule has 0 aliphatic carbocycles. The lowest BCUT2D eigenvalue weighted by molar-refractivity contribution is -0.122. The van der Waals surface area contributed by atoms with Crippen molar-refractivity contribution in [3.63, 3.8) is 0 Å². The number of benzene rings is 1. The average Bonchev–Trinajstić information content (AvgIpc) is 2.20. The zero-order valence-corrected chi connectivity index (χ0v) is 11.7. The van der Waals surface area contributed by atoms with E-state index in [4.69, 9.17) is 4.74 Å². The highest BCUT2D eigenvalue weighted by Gasteiger charge is 2.14. The van der Waals surface area contributed by atoms with Crippen LogP contribution in [-0.4, -0.2) is 11.9 Å². The summed E-state index contributed by atoms with van der Waals surface area (Å²) in [5, 5.41) is 0. The third kappa shape index (κ3) is 3.34. The molecule has 0 aliphatic heterocycles. The molecule has 0 fully saturated rings. The molecule has 0 spiro atoms. The molecule has 0 saturated heterocycles. The van der Waals surface area contributed by atoms with Crippen LogP contribution in [-0.2, 0) is 4.79 Å². The number of rotatable bonds is 4. The molecule has 1 atom stereocenters. The van der Waals surface area contributed by atoms with Crippen LogP contribution in [0, 0.1) is 0 Å². The summed E-state index contributed by atoms with van der Waals surface area (Å²) in [7, 11) is 0. The maximum absolute atomic E-state index is 11.2. The zero-order chi connectivity index (χ0) is 12.3. The summed E-state index contributed by atoms with van der Waals surface area (Å²) in [4.78, 5) is 11.2. The average molecular weight is 285 g/mol. The SMILES string of the molecule is CC(=O)C(C)Oc1ccc(Br)cc1C(C)C. The van der Waals surface area contributed by atoms with Gasteiger partial charge in [-0.15, -0.1) is 0 Å². The van der Waals surface area contributed by atoms with Gasteiger partial charge < -0.3 is 4.74 Å². The van der Waals surface area contributed by atoms with E-state index < -0.39 is 6.10 Å². The third-order valence-corrected chi connectivity index (χ3v) is 2.96. The Morgan fingerprint density at radius 2 is 1.94 bits per heavy atom. The van der Waals surface area contributed by atoms with Gasteiger partial charge in [0.05, 0.1) is 0 Å². The van der Waals surface area contributed by atoms with Crippen LogP contribution in [0.4, 0.5) is 0 Å². The molecule has 2 nitrogen and oxygen atoms in total. The Labute approximate surface area is 105 Å². The number of carbonyl (C=O) groups is 1. The van der Waals surface area contributed by atoms with E-state index in [1.54, 1.807) is 13.8 Å².